The lowest BCUT2D eigenvalue weighted by atomic mass is 10.2. The van der Waals surface area contributed by atoms with E-state index in [1.807, 2.05) is 24.1 Å². The fourth-order valence-electron chi connectivity index (χ4n) is 1.61. The van der Waals surface area contributed by atoms with Crippen molar-refractivity contribution in [2.24, 2.45) is 11.7 Å². The van der Waals surface area contributed by atoms with Crippen LogP contribution >= 0.6 is 0 Å². The standard InChI is InChI=1S/C13H22N4O/c1-10(2)8-16-13(18)9-17(3)12-5-4-6-15-11(12)7-14/h4-6,10H,7-9,14H2,1-3H3,(H,16,18). The summed E-state index contributed by atoms with van der Waals surface area (Å²) < 4.78 is 0. The largest absolute Gasteiger partial charge is 0.364 e. The molecular weight excluding hydrogens is 228 g/mol. The molecule has 0 aliphatic rings. The minimum atomic E-state index is 0.0121. The van der Waals surface area contributed by atoms with Crippen LogP contribution in [0.3, 0.4) is 0 Å². The lowest BCUT2D eigenvalue weighted by Crippen LogP contribution is -2.37. The van der Waals surface area contributed by atoms with Crippen molar-refractivity contribution < 1.29 is 4.79 Å². The Balaban J connectivity index is 2.59. The first kappa shape index (κ1) is 14.4. The van der Waals surface area contributed by atoms with Crippen LogP contribution in [0.4, 0.5) is 5.69 Å². The molecule has 18 heavy (non-hydrogen) atoms. The molecule has 100 valence electrons. The van der Waals surface area contributed by atoms with Crippen LogP contribution in [0.5, 0.6) is 0 Å². The highest BCUT2D eigenvalue weighted by Crippen LogP contribution is 2.15. The zero-order valence-electron chi connectivity index (χ0n) is 11.3. The van der Waals surface area contributed by atoms with Gasteiger partial charge < -0.3 is 16.0 Å². The van der Waals surface area contributed by atoms with E-state index in [-0.39, 0.29) is 5.91 Å². The van der Waals surface area contributed by atoms with Crippen LogP contribution in [-0.4, -0.2) is 31.0 Å². The highest BCUT2D eigenvalue weighted by Gasteiger charge is 2.11. The second kappa shape index (κ2) is 6.96. The molecule has 0 spiro atoms. The number of nitrogens with two attached hydrogens (primary N) is 1. The van der Waals surface area contributed by atoms with Gasteiger partial charge in [-0.25, -0.2) is 0 Å². The van der Waals surface area contributed by atoms with Gasteiger partial charge in [-0.3, -0.25) is 9.78 Å². The van der Waals surface area contributed by atoms with Crippen molar-refractivity contribution in [1.82, 2.24) is 10.3 Å². The maximum Gasteiger partial charge on any atom is 0.239 e. The third-order valence-corrected chi connectivity index (χ3v) is 2.56. The van der Waals surface area contributed by atoms with Crippen molar-refractivity contribution >= 4 is 11.6 Å². The maximum absolute atomic E-state index is 11.7. The van der Waals surface area contributed by atoms with Crippen LogP contribution in [0, 0.1) is 5.92 Å². The Bertz CT molecular complexity index is 392. The quantitative estimate of drug-likeness (QED) is 0.781. The summed E-state index contributed by atoms with van der Waals surface area (Å²) in [5.74, 6) is 0.468. The molecule has 5 nitrogen and oxygen atoms in total. The summed E-state index contributed by atoms with van der Waals surface area (Å²) in [6.45, 7) is 5.51. The van der Waals surface area contributed by atoms with E-state index in [0.29, 0.717) is 25.6 Å². The van der Waals surface area contributed by atoms with Crippen LogP contribution in [0.2, 0.25) is 0 Å². The first-order valence-electron chi connectivity index (χ1n) is 6.16. The molecule has 0 atom stereocenters. The molecule has 0 aromatic carbocycles. The molecular formula is C13H22N4O. The molecule has 0 fully saturated rings. The number of hydrogen-bond donors (Lipinski definition) is 2. The second-order valence-electron chi connectivity index (χ2n) is 4.73. The first-order valence-corrected chi connectivity index (χ1v) is 6.16. The third kappa shape index (κ3) is 4.33. The smallest absolute Gasteiger partial charge is 0.239 e. The Morgan fingerprint density at radius 2 is 2.28 bits per heavy atom. The Labute approximate surface area is 108 Å². The molecule has 0 aliphatic heterocycles. The lowest BCUT2D eigenvalue weighted by Gasteiger charge is -2.21. The number of nitrogens with one attached hydrogen (secondary N) is 1. The number of hydrogen-bond acceptors (Lipinski definition) is 4. The number of amides is 1. The van der Waals surface area contributed by atoms with Crippen molar-refractivity contribution in [3.63, 3.8) is 0 Å². The number of likely N-dealkylation sites (N-methyl/N-ethyl adjacent to an activating group) is 1. The number of rotatable bonds is 6. The van der Waals surface area contributed by atoms with Gasteiger partial charge in [0.2, 0.25) is 5.91 Å². The zero-order chi connectivity index (χ0) is 13.5. The van der Waals surface area contributed by atoms with Gasteiger partial charge in [0.15, 0.2) is 0 Å². The average Bonchev–Trinajstić information content (AvgIpc) is 2.36. The Kier molecular flexibility index (Phi) is 5.58. The van der Waals surface area contributed by atoms with Crippen molar-refractivity contribution in [2.75, 3.05) is 25.0 Å². The highest BCUT2D eigenvalue weighted by molar-refractivity contribution is 5.81. The van der Waals surface area contributed by atoms with Gasteiger partial charge in [-0.2, -0.15) is 0 Å². The van der Waals surface area contributed by atoms with E-state index in [0.717, 1.165) is 11.4 Å². The SMILES string of the molecule is CC(C)CNC(=O)CN(C)c1cccnc1CN. The van der Waals surface area contributed by atoms with Gasteiger partial charge in [-0.05, 0) is 18.1 Å². The molecule has 0 aliphatic carbocycles. The summed E-state index contributed by atoms with van der Waals surface area (Å²) in [4.78, 5) is 17.8. The van der Waals surface area contributed by atoms with Gasteiger partial charge in [0, 0.05) is 26.3 Å². The maximum atomic E-state index is 11.7. The molecule has 5 heteroatoms. The van der Waals surface area contributed by atoms with Gasteiger partial charge in [0.1, 0.15) is 0 Å². The van der Waals surface area contributed by atoms with Crippen molar-refractivity contribution in [3.05, 3.63) is 24.0 Å². The summed E-state index contributed by atoms with van der Waals surface area (Å²) in [5.41, 5.74) is 7.33. The number of aromatic nitrogens is 1. The van der Waals surface area contributed by atoms with Gasteiger partial charge in [-0.15, -0.1) is 0 Å². The van der Waals surface area contributed by atoms with Crippen LogP contribution in [-0.2, 0) is 11.3 Å². The average molecular weight is 250 g/mol. The number of pyridine rings is 1. The van der Waals surface area contributed by atoms with E-state index in [1.54, 1.807) is 6.20 Å². The fraction of sp³-hybridized carbons (Fsp3) is 0.538. The van der Waals surface area contributed by atoms with Crippen LogP contribution in [0.1, 0.15) is 19.5 Å². The molecule has 0 saturated heterocycles. The molecule has 1 aromatic heterocycles. The predicted octanol–water partition coefficient (Wildman–Crippen LogP) is 0.749. The van der Waals surface area contributed by atoms with Gasteiger partial charge >= 0.3 is 0 Å². The van der Waals surface area contributed by atoms with E-state index >= 15 is 0 Å². The molecule has 0 saturated carbocycles. The number of anilines is 1. The molecule has 0 bridgehead atoms. The van der Waals surface area contributed by atoms with Crippen molar-refractivity contribution in [2.45, 2.75) is 20.4 Å². The zero-order valence-corrected chi connectivity index (χ0v) is 11.3. The van der Waals surface area contributed by atoms with Crippen molar-refractivity contribution in [3.8, 4) is 0 Å². The van der Waals surface area contributed by atoms with E-state index in [1.165, 1.54) is 0 Å². The van der Waals surface area contributed by atoms with E-state index in [4.69, 9.17) is 5.73 Å². The minimum Gasteiger partial charge on any atom is -0.364 e. The molecule has 3 N–H and O–H groups in total. The van der Waals surface area contributed by atoms with E-state index < -0.39 is 0 Å². The molecule has 0 radical (unpaired) electrons. The van der Waals surface area contributed by atoms with Crippen LogP contribution < -0.4 is 16.0 Å². The Morgan fingerprint density at radius 3 is 2.89 bits per heavy atom. The summed E-state index contributed by atoms with van der Waals surface area (Å²) in [5, 5.41) is 2.89. The first-order chi connectivity index (χ1) is 8.54. The van der Waals surface area contributed by atoms with E-state index in [2.05, 4.69) is 24.1 Å². The molecule has 1 aromatic rings. The summed E-state index contributed by atoms with van der Waals surface area (Å²) in [6, 6.07) is 3.77. The van der Waals surface area contributed by atoms with E-state index in [9.17, 15) is 4.79 Å². The van der Waals surface area contributed by atoms with Crippen LogP contribution in [0.15, 0.2) is 18.3 Å². The third-order valence-electron chi connectivity index (χ3n) is 2.56. The summed E-state index contributed by atoms with van der Waals surface area (Å²) >= 11 is 0. The highest BCUT2D eigenvalue weighted by atomic mass is 16.2. The van der Waals surface area contributed by atoms with Crippen LogP contribution in [0.25, 0.3) is 0 Å². The monoisotopic (exact) mass is 250 g/mol. The molecule has 1 amide bonds. The van der Waals surface area contributed by atoms with Gasteiger partial charge in [0.25, 0.3) is 0 Å². The van der Waals surface area contributed by atoms with Crippen molar-refractivity contribution in [1.29, 1.82) is 0 Å². The Morgan fingerprint density at radius 1 is 1.56 bits per heavy atom. The van der Waals surface area contributed by atoms with Gasteiger partial charge in [0.05, 0.1) is 17.9 Å². The lowest BCUT2D eigenvalue weighted by molar-refractivity contribution is -0.119. The predicted molar refractivity (Wildman–Crippen MR) is 73.2 cm³/mol. The Hall–Kier alpha value is -1.62. The molecule has 0 unspecified atom stereocenters. The number of carbonyl (C=O) groups is 1. The topological polar surface area (TPSA) is 71.2 Å². The normalized spacial score (nSPS) is 10.5. The minimum absolute atomic E-state index is 0.0121. The molecule has 1 rings (SSSR count). The summed E-state index contributed by atoms with van der Waals surface area (Å²) in [6.07, 6.45) is 1.71. The molecule has 1 heterocycles. The summed E-state index contributed by atoms with van der Waals surface area (Å²) in [7, 11) is 1.87. The number of carbonyl (C=O) groups excluding carboxylic acids is 1. The fourth-order valence-corrected chi connectivity index (χ4v) is 1.61. The second-order valence-corrected chi connectivity index (χ2v) is 4.73. The van der Waals surface area contributed by atoms with Gasteiger partial charge in [-0.1, -0.05) is 13.8 Å². The number of nitrogens with zero attached hydrogens (tertiary/aromatic N) is 2.